The van der Waals surface area contributed by atoms with Gasteiger partial charge < -0.3 is 9.73 Å². The molecule has 4 heteroatoms. The molecule has 116 valence electrons. The second-order valence-electron chi connectivity index (χ2n) is 5.45. The van der Waals surface area contributed by atoms with Crippen LogP contribution in [0, 0.1) is 0 Å². The van der Waals surface area contributed by atoms with Gasteiger partial charge in [-0.15, -0.1) is 0 Å². The van der Waals surface area contributed by atoms with Gasteiger partial charge in [0.2, 0.25) is 11.3 Å². The van der Waals surface area contributed by atoms with E-state index in [1.54, 1.807) is 19.1 Å². The Morgan fingerprint density at radius 1 is 1.04 bits per heavy atom. The van der Waals surface area contributed by atoms with Crippen molar-refractivity contribution in [2.24, 2.45) is 0 Å². The van der Waals surface area contributed by atoms with E-state index < -0.39 is 6.04 Å². The van der Waals surface area contributed by atoms with Crippen LogP contribution in [0.2, 0.25) is 0 Å². The lowest BCUT2D eigenvalue weighted by molar-refractivity contribution is -0.119. The maximum Gasteiger partial charge on any atom is 0.217 e. The van der Waals surface area contributed by atoms with Gasteiger partial charge in [0, 0.05) is 6.92 Å². The second-order valence-corrected chi connectivity index (χ2v) is 5.45. The largest absolute Gasteiger partial charge is 0.458 e. The standard InChI is InChI=1S/C19H17NO3/c1-12(20-13(2)21)19-17(14-8-4-3-5-9-14)18(22)15-10-6-7-11-16(15)23-19/h3-12H,1-2H3,(H,20,21). The fraction of sp³-hybridized carbons (Fsp3) is 0.158. The molecule has 1 N–H and O–H groups in total. The topological polar surface area (TPSA) is 59.3 Å². The molecule has 23 heavy (non-hydrogen) atoms. The van der Waals surface area contributed by atoms with Crippen LogP contribution in [0.4, 0.5) is 0 Å². The third kappa shape index (κ3) is 2.88. The molecule has 1 atom stereocenters. The average Bonchev–Trinajstić information content (AvgIpc) is 2.55. The van der Waals surface area contributed by atoms with Crippen LogP contribution in [0.25, 0.3) is 22.1 Å². The molecule has 0 aliphatic carbocycles. The number of carbonyl (C=O) groups is 1. The number of para-hydroxylation sites is 1. The lowest BCUT2D eigenvalue weighted by atomic mass is 9.99. The first-order valence-electron chi connectivity index (χ1n) is 7.46. The van der Waals surface area contributed by atoms with Gasteiger partial charge in [-0.2, -0.15) is 0 Å². The summed E-state index contributed by atoms with van der Waals surface area (Å²) < 4.78 is 5.98. The lowest BCUT2D eigenvalue weighted by Crippen LogP contribution is -2.25. The van der Waals surface area contributed by atoms with Gasteiger partial charge in [-0.25, -0.2) is 0 Å². The Kier molecular flexibility index (Phi) is 3.98. The predicted molar refractivity (Wildman–Crippen MR) is 90.2 cm³/mol. The van der Waals surface area contributed by atoms with Crippen molar-refractivity contribution >= 4 is 16.9 Å². The van der Waals surface area contributed by atoms with E-state index in [-0.39, 0.29) is 11.3 Å². The molecule has 1 amide bonds. The van der Waals surface area contributed by atoms with E-state index in [4.69, 9.17) is 4.42 Å². The van der Waals surface area contributed by atoms with Gasteiger partial charge >= 0.3 is 0 Å². The zero-order chi connectivity index (χ0) is 16.4. The van der Waals surface area contributed by atoms with Gasteiger partial charge in [0.05, 0.1) is 17.0 Å². The SMILES string of the molecule is CC(=O)NC(C)c1oc2ccccc2c(=O)c1-c1ccccc1. The molecule has 1 unspecified atom stereocenters. The zero-order valence-corrected chi connectivity index (χ0v) is 13.0. The minimum Gasteiger partial charge on any atom is -0.458 e. The molecule has 0 radical (unpaired) electrons. The van der Waals surface area contributed by atoms with Crippen molar-refractivity contribution < 1.29 is 9.21 Å². The van der Waals surface area contributed by atoms with Crippen LogP contribution >= 0.6 is 0 Å². The van der Waals surface area contributed by atoms with E-state index in [2.05, 4.69) is 5.32 Å². The summed E-state index contributed by atoms with van der Waals surface area (Å²) in [6, 6.07) is 16.1. The predicted octanol–water partition coefficient (Wildman–Crippen LogP) is 3.66. The summed E-state index contributed by atoms with van der Waals surface area (Å²) in [4.78, 5) is 24.4. The van der Waals surface area contributed by atoms with Crippen LogP contribution in [0.5, 0.6) is 0 Å². The number of carbonyl (C=O) groups excluding carboxylic acids is 1. The molecule has 3 rings (SSSR count). The smallest absolute Gasteiger partial charge is 0.217 e. The first-order chi connectivity index (χ1) is 11.1. The van der Waals surface area contributed by atoms with E-state index in [1.165, 1.54) is 6.92 Å². The summed E-state index contributed by atoms with van der Waals surface area (Å²) >= 11 is 0. The highest BCUT2D eigenvalue weighted by Crippen LogP contribution is 2.28. The van der Waals surface area contributed by atoms with Crippen molar-refractivity contribution in [1.82, 2.24) is 5.32 Å². The molecular weight excluding hydrogens is 290 g/mol. The van der Waals surface area contributed by atoms with Crippen LogP contribution in [-0.4, -0.2) is 5.91 Å². The summed E-state index contributed by atoms with van der Waals surface area (Å²) in [5.41, 5.74) is 1.69. The lowest BCUT2D eigenvalue weighted by Gasteiger charge is -2.16. The number of fused-ring (bicyclic) bond motifs is 1. The number of nitrogens with one attached hydrogen (secondary N) is 1. The highest BCUT2D eigenvalue weighted by atomic mass is 16.3. The third-order valence-corrected chi connectivity index (χ3v) is 3.70. The van der Waals surface area contributed by atoms with Crippen molar-refractivity contribution in [2.75, 3.05) is 0 Å². The number of amides is 1. The zero-order valence-electron chi connectivity index (χ0n) is 13.0. The van der Waals surface area contributed by atoms with Crippen molar-refractivity contribution in [3.63, 3.8) is 0 Å². The normalized spacial score (nSPS) is 12.1. The molecule has 0 bridgehead atoms. The highest BCUT2D eigenvalue weighted by Gasteiger charge is 2.21. The van der Waals surface area contributed by atoms with Gasteiger partial charge in [0.15, 0.2) is 0 Å². The summed E-state index contributed by atoms with van der Waals surface area (Å²) in [7, 11) is 0. The Hall–Kier alpha value is -2.88. The third-order valence-electron chi connectivity index (χ3n) is 3.70. The van der Waals surface area contributed by atoms with E-state index in [9.17, 15) is 9.59 Å². The fourth-order valence-corrected chi connectivity index (χ4v) is 2.71. The van der Waals surface area contributed by atoms with E-state index in [0.29, 0.717) is 22.3 Å². The van der Waals surface area contributed by atoms with Crippen LogP contribution in [-0.2, 0) is 4.79 Å². The van der Waals surface area contributed by atoms with Crippen LogP contribution < -0.4 is 10.7 Å². The Morgan fingerprint density at radius 2 is 1.70 bits per heavy atom. The van der Waals surface area contributed by atoms with Crippen LogP contribution in [0.3, 0.4) is 0 Å². The monoisotopic (exact) mass is 307 g/mol. The first kappa shape index (κ1) is 15.0. The van der Waals surface area contributed by atoms with Gasteiger partial charge in [-0.05, 0) is 24.6 Å². The van der Waals surface area contributed by atoms with Gasteiger partial charge in [0.1, 0.15) is 11.3 Å². The number of rotatable bonds is 3. The van der Waals surface area contributed by atoms with Crippen molar-refractivity contribution in [2.45, 2.75) is 19.9 Å². The van der Waals surface area contributed by atoms with E-state index in [1.807, 2.05) is 42.5 Å². The van der Waals surface area contributed by atoms with Crippen LogP contribution in [0.1, 0.15) is 25.6 Å². The Balaban J connectivity index is 2.32. The highest BCUT2D eigenvalue weighted by molar-refractivity contribution is 5.83. The molecule has 3 aromatic rings. The molecule has 0 fully saturated rings. The number of benzene rings is 2. The van der Waals surface area contributed by atoms with Gasteiger partial charge in [0.25, 0.3) is 0 Å². The first-order valence-corrected chi connectivity index (χ1v) is 7.46. The number of hydrogen-bond acceptors (Lipinski definition) is 3. The van der Waals surface area contributed by atoms with Gasteiger partial charge in [-0.1, -0.05) is 42.5 Å². The molecule has 0 saturated heterocycles. The minimum atomic E-state index is -0.403. The van der Waals surface area contributed by atoms with E-state index >= 15 is 0 Å². The number of hydrogen-bond donors (Lipinski definition) is 1. The average molecular weight is 307 g/mol. The molecular formula is C19H17NO3. The fourth-order valence-electron chi connectivity index (χ4n) is 2.71. The molecule has 0 aliphatic heterocycles. The van der Waals surface area contributed by atoms with Crippen molar-refractivity contribution in [1.29, 1.82) is 0 Å². The molecule has 1 aromatic heterocycles. The Labute approximate surface area is 133 Å². The maximum absolute atomic E-state index is 13.0. The molecule has 0 saturated carbocycles. The Bertz CT molecular complexity index is 913. The maximum atomic E-state index is 13.0. The van der Waals surface area contributed by atoms with Crippen LogP contribution in [0.15, 0.2) is 63.8 Å². The summed E-state index contributed by atoms with van der Waals surface area (Å²) in [5, 5.41) is 3.32. The van der Waals surface area contributed by atoms with Crippen molar-refractivity contribution in [3.8, 4) is 11.1 Å². The van der Waals surface area contributed by atoms with Crippen molar-refractivity contribution in [3.05, 3.63) is 70.6 Å². The molecule has 0 spiro atoms. The molecule has 1 heterocycles. The quantitative estimate of drug-likeness (QED) is 0.803. The molecule has 2 aromatic carbocycles. The second kappa shape index (κ2) is 6.08. The van der Waals surface area contributed by atoms with Gasteiger partial charge in [-0.3, -0.25) is 9.59 Å². The Morgan fingerprint density at radius 3 is 2.39 bits per heavy atom. The van der Waals surface area contributed by atoms with E-state index in [0.717, 1.165) is 5.56 Å². The summed E-state index contributed by atoms with van der Waals surface area (Å²) in [5.74, 6) is 0.294. The summed E-state index contributed by atoms with van der Waals surface area (Å²) in [6.45, 7) is 3.25. The molecule has 0 aliphatic rings. The minimum absolute atomic E-state index is 0.0924. The molecule has 4 nitrogen and oxygen atoms in total. The summed E-state index contributed by atoms with van der Waals surface area (Å²) in [6.07, 6.45) is 0.